The molecule has 2 aromatic rings. The third-order valence-corrected chi connectivity index (χ3v) is 4.82. The van der Waals surface area contributed by atoms with Crippen molar-refractivity contribution in [1.82, 2.24) is 9.88 Å². The van der Waals surface area contributed by atoms with Gasteiger partial charge in [0.05, 0.1) is 0 Å². The zero-order valence-electron chi connectivity index (χ0n) is 12.7. The molecule has 0 spiro atoms. The molecule has 0 bridgehead atoms. The predicted octanol–water partition coefficient (Wildman–Crippen LogP) is 2.04. The first-order valence-corrected chi connectivity index (χ1v) is 8.32. The van der Waals surface area contributed by atoms with Crippen molar-refractivity contribution in [1.29, 1.82) is 0 Å². The minimum absolute atomic E-state index is 0.0728. The minimum Gasteiger partial charge on any atom is -0.360 e. The number of sulfonamides is 1. The molecule has 1 aromatic heterocycles. The lowest BCUT2D eigenvalue weighted by molar-refractivity contribution is -0.119. The van der Waals surface area contributed by atoms with Gasteiger partial charge < -0.3 is 4.52 Å². The van der Waals surface area contributed by atoms with E-state index in [2.05, 4.69) is 9.88 Å². The van der Waals surface area contributed by atoms with Crippen molar-refractivity contribution in [2.75, 3.05) is 0 Å². The molecule has 0 saturated heterocycles. The van der Waals surface area contributed by atoms with Gasteiger partial charge in [-0.2, -0.15) is 0 Å². The SMILES string of the molecule is Cc1cccc(CCC(=O)NS(=O)(=O)c2c(C)noc2C)c1. The maximum atomic E-state index is 12.2. The molecule has 0 saturated carbocycles. The van der Waals surface area contributed by atoms with Crippen LogP contribution in [0.5, 0.6) is 0 Å². The predicted molar refractivity (Wildman–Crippen MR) is 80.8 cm³/mol. The number of benzene rings is 1. The highest BCUT2D eigenvalue weighted by Crippen LogP contribution is 2.18. The monoisotopic (exact) mass is 322 g/mol. The minimum atomic E-state index is -3.95. The molecule has 22 heavy (non-hydrogen) atoms. The molecule has 0 radical (unpaired) electrons. The summed E-state index contributed by atoms with van der Waals surface area (Å²) in [4.78, 5) is 11.8. The largest absolute Gasteiger partial charge is 0.360 e. The Bertz CT molecular complexity index is 774. The summed E-state index contributed by atoms with van der Waals surface area (Å²) in [5.74, 6) is -0.391. The van der Waals surface area contributed by atoms with E-state index in [1.807, 2.05) is 31.2 Å². The number of hydrogen-bond donors (Lipinski definition) is 1. The number of aromatic nitrogens is 1. The van der Waals surface area contributed by atoms with Gasteiger partial charge in [-0.25, -0.2) is 13.1 Å². The summed E-state index contributed by atoms with van der Waals surface area (Å²) in [7, 11) is -3.95. The van der Waals surface area contributed by atoms with E-state index in [0.717, 1.165) is 11.1 Å². The zero-order chi connectivity index (χ0) is 16.3. The summed E-state index contributed by atoms with van der Waals surface area (Å²) in [6, 6.07) is 7.74. The lowest BCUT2D eigenvalue weighted by atomic mass is 10.1. The Kier molecular flexibility index (Phi) is 4.65. The molecule has 7 heteroatoms. The van der Waals surface area contributed by atoms with Gasteiger partial charge in [0.15, 0.2) is 10.7 Å². The number of aryl methyl sites for hydroxylation is 4. The molecule has 1 amide bonds. The molecule has 0 aliphatic heterocycles. The highest BCUT2D eigenvalue weighted by Gasteiger charge is 2.25. The first-order valence-electron chi connectivity index (χ1n) is 6.83. The molecule has 1 aromatic carbocycles. The molecule has 0 aliphatic carbocycles. The summed E-state index contributed by atoms with van der Waals surface area (Å²) in [6.45, 7) is 4.97. The van der Waals surface area contributed by atoms with Crippen molar-refractivity contribution in [3.8, 4) is 0 Å². The number of hydrogen-bond acceptors (Lipinski definition) is 5. The highest BCUT2D eigenvalue weighted by atomic mass is 32.2. The Labute approximate surface area is 129 Å². The maximum Gasteiger partial charge on any atom is 0.269 e. The van der Waals surface area contributed by atoms with Crippen LogP contribution in [0, 0.1) is 20.8 Å². The normalized spacial score (nSPS) is 11.4. The number of carbonyl (C=O) groups excluding carboxylic acids is 1. The van der Waals surface area contributed by atoms with Gasteiger partial charge in [0.1, 0.15) is 5.69 Å². The number of carbonyl (C=O) groups is 1. The fourth-order valence-corrected chi connectivity index (χ4v) is 3.58. The fourth-order valence-electron chi connectivity index (χ4n) is 2.24. The molecule has 0 fully saturated rings. The fraction of sp³-hybridized carbons (Fsp3) is 0.333. The number of nitrogens with zero attached hydrogens (tertiary/aromatic N) is 1. The van der Waals surface area contributed by atoms with Crippen molar-refractivity contribution in [3.05, 3.63) is 46.8 Å². The molecule has 1 heterocycles. The topological polar surface area (TPSA) is 89.3 Å². The first kappa shape index (κ1) is 16.2. The summed E-state index contributed by atoms with van der Waals surface area (Å²) >= 11 is 0. The van der Waals surface area contributed by atoms with Crippen molar-refractivity contribution in [3.63, 3.8) is 0 Å². The van der Waals surface area contributed by atoms with Gasteiger partial charge >= 0.3 is 0 Å². The van der Waals surface area contributed by atoms with Crippen LogP contribution in [-0.4, -0.2) is 19.5 Å². The Morgan fingerprint density at radius 2 is 2.00 bits per heavy atom. The van der Waals surface area contributed by atoms with Crippen LogP contribution in [-0.2, 0) is 21.2 Å². The van der Waals surface area contributed by atoms with Crippen molar-refractivity contribution >= 4 is 15.9 Å². The van der Waals surface area contributed by atoms with E-state index < -0.39 is 15.9 Å². The lowest BCUT2D eigenvalue weighted by Gasteiger charge is -2.07. The van der Waals surface area contributed by atoms with E-state index in [9.17, 15) is 13.2 Å². The van der Waals surface area contributed by atoms with Crippen molar-refractivity contribution in [2.24, 2.45) is 0 Å². The Balaban J connectivity index is 2.03. The number of rotatable bonds is 5. The standard InChI is InChI=1S/C15H18N2O4S/c1-10-5-4-6-13(9-10)7-8-14(18)17-22(19,20)15-11(2)16-21-12(15)3/h4-6,9H,7-8H2,1-3H3,(H,17,18). The zero-order valence-corrected chi connectivity index (χ0v) is 13.5. The van der Waals surface area contributed by atoms with E-state index >= 15 is 0 Å². The molecule has 0 aliphatic rings. The first-order chi connectivity index (χ1) is 10.3. The second-order valence-corrected chi connectivity index (χ2v) is 6.79. The van der Waals surface area contributed by atoms with Gasteiger partial charge in [-0.1, -0.05) is 35.0 Å². The summed E-state index contributed by atoms with van der Waals surface area (Å²) in [5.41, 5.74) is 2.32. The molecular weight excluding hydrogens is 304 g/mol. The molecule has 6 nitrogen and oxygen atoms in total. The van der Waals surface area contributed by atoms with Gasteiger partial charge in [0.2, 0.25) is 5.91 Å². The van der Waals surface area contributed by atoms with Crippen LogP contribution in [0.2, 0.25) is 0 Å². The Morgan fingerprint density at radius 1 is 1.27 bits per heavy atom. The smallest absolute Gasteiger partial charge is 0.269 e. The molecule has 0 unspecified atom stereocenters. The van der Waals surface area contributed by atoms with Gasteiger partial charge in [-0.3, -0.25) is 4.79 Å². The van der Waals surface area contributed by atoms with Gasteiger partial charge in [0, 0.05) is 6.42 Å². The highest BCUT2D eigenvalue weighted by molar-refractivity contribution is 7.90. The van der Waals surface area contributed by atoms with Gasteiger partial charge in [-0.15, -0.1) is 0 Å². The average molecular weight is 322 g/mol. The van der Waals surface area contributed by atoms with E-state index in [1.54, 1.807) is 0 Å². The molecular formula is C15H18N2O4S. The molecule has 118 valence electrons. The second-order valence-electron chi connectivity index (χ2n) is 5.17. The molecule has 2 rings (SSSR count). The number of nitrogens with one attached hydrogen (secondary N) is 1. The summed E-state index contributed by atoms with van der Waals surface area (Å²) < 4.78 is 31.2. The maximum absolute atomic E-state index is 12.2. The van der Waals surface area contributed by atoms with E-state index in [-0.39, 0.29) is 22.8 Å². The van der Waals surface area contributed by atoms with Crippen molar-refractivity contribution in [2.45, 2.75) is 38.5 Å². The van der Waals surface area contributed by atoms with Crippen LogP contribution in [0.4, 0.5) is 0 Å². The third-order valence-electron chi connectivity index (χ3n) is 3.21. The van der Waals surface area contributed by atoms with Gasteiger partial charge in [0.25, 0.3) is 10.0 Å². The summed E-state index contributed by atoms with van der Waals surface area (Å²) in [5, 5.41) is 3.59. The van der Waals surface area contributed by atoms with Crippen LogP contribution < -0.4 is 4.72 Å². The van der Waals surface area contributed by atoms with Crippen LogP contribution in [0.15, 0.2) is 33.7 Å². The van der Waals surface area contributed by atoms with E-state index in [4.69, 9.17) is 4.52 Å². The molecule has 0 atom stereocenters. The molecule has 1 N–H and O–H groups in total. The number of amides is 1. The van der Waals surface area contributed by atoms with Crippen LogP contribution >= 0.6 is 0 Å². The Hall–Kier alpha value is -2.15. The van der Waals surface area contributed by atoms with Crippen molar-refractivity contribution < 1.29 is 17.7 Å². The Morgan fingerprint density at radius 3 is 2.59 bits per heavy atom. The average Bonchev–Trinajstić information content (AvgIpc) is 2.76. The van der Waals surface area contributed by atoms with E-state index in [1.165, 1.54) is 13.8 Å². The lowest BCUT2D eigenvalue weighted by Crippen LogP contribution is -2.31. The third kappa shape index (κ3) is 3.73. The quantitative estimate of drug-likeness (QED) is 0.910. The second kappa shape index (κ2) is 6.31. The van der Waals surface area contributed by atoms with Crippen LogP contribution in [0.3, 0.4) is 0 Å². The van der Waals surface area contributed by atoms with Crippen LogP contribution in [0.1, 0.15) is 29.0 Å². The summed E-state index contributed by atoms with van der Waals surface area (Å²) in [6.07, 6.45) is 0.566. The van der Waals surface area contributed by atoms with Gasteiger partial charge in [-0.05, 0) is 32.8 Å². The van der Waals surface area contributed by atoms with E-state index in [0.29, 0.717) is 6.42 Å². The van der Waals surface area contributed by atoms with Crippen LogP contribution in [0.25, 0.3) is 0 Å².